The van der Waals surface area contributed by atoms with Crippen molar-refractivity contribution < 1.29 is 22.6 Å². The van der Waals surface area contributed by atoms with E-state index in [0.29, 0.717) is 21.8 Å². The van der Waals surface area contributed by atoms with Crippen molar-refractivity contribution in [3.8, 4) is 11.8 Å². The second-order valence-corrected chi connectivity index (χ2v) is 7.56. The second-order valence-electron chi connectivity index (χ2n) is 6.70. The number of alkyl halides is 3. The van der Waals surface area contributed by atoms with Crippen molar-refractivity contribution in [1.29, 1.82) is 5.26 Å². The molecular weight excluding hydrogens is 429 g/mol. The molecule has 0 fully saturated rings. The maximum Gasteiger partial charge on any atom is 0.437 e. The number of hydrogen-bond donors (Lipinski definition) is 0. The number of thiazole rings is 1. The van der Waals surface area contributed by atoms with Crippen LogP contribution in [-0.2, 0) is 4.74 Å². The molecule has 0 aliphatic carbocycles. The Hall–Kier alpha value is -3.21. The van der Waals surface area contributed by atoms with E-state index >= 15 is 0 Å². The van der Waals surface area contributed by atoms with Crippen molar-refractivity contribution in [2.24, 2.45) is 4.99 Å². The average molecular weight is 446 g/mol. The topological polar surface area (TPSA) is 71.9 Å². The highest BCUT2D eigenvalue weighted by Gasteiger charge is 2.53. The van der Waals surface area contributed by atoms with Gasteiger partial charge < -0.3 is 14.3 Å². The number of ether oxygens (including phenoxy) is 2. The van der Waals surface area contributed by atoms with Crippen LogP contribution in [-0.4, -0.2) is 43.7 Å². The third-order valence-corrected chi connectivity index (χ3v) is 5.72. The second kappa shape index (κ2) is 8.88. The normalized spacial score (nSPS) is 18.9. The number of aryl methyl sites for hydroxylation is 1. The van der Waals surface area contributed by atoms with E-state index in [-0.39, 0.29) is 23.6 Å². The molecule has 0 bridgehead atoms. The van der Waals surface area contributed by atoms with Gasteiger partial charge in [-0.1, -0.05) is 6.07 Å². The largest absolute Gasteiger partial charge is 0.496 e. The molecule has 31 heavy (non-hydrogen) atoms. The molecule has 0 N–H and O–H groups in total. The molecule has 0 radical (unpaired) electrons. The number of aromatic nitrogens is 1. The highest BCUT2D eigenvalue weighted by molar-refractivity contribution is 7.10. The molecule has 1 aromatic heterocycles. The number of methoxy groups -OCH3 is 2. The third-order valence-electron chi connectivity index (χ3n) is 4.73. The average Bonchev–Trinajstić information content (AvgIpc) is 3.17. The number of hydrogen-bond acceptors (Lipinski definition) is 6. The monoisotopic (exact) mass is 446 g/mol. The summed E-state index contributed by atoms with van der Waals surface area (Å²) in [4.78, 5) is 11.6. The van der Waals surface area contributed by atoms with E-state index in [0.717, 1.165) is 0 Å². The predicted molar refractivity (Wildman–Crippen MR) is 110 cm³/mol. The van der Waals surface area contributed by atoms with Crippen molar-refractivity contribution in [2.45, 2.75) is 25.1 Å². The van der Waals surface area contributed by atoms with E-state index in [1.807, 2.05) is 6.07 Å². The maximum absolute atomic E-state index is 13.9. The Bertz CT molecular complexity index is 1140. The lowest BCUT2D eigenvalue weighted by Gasteiger charge is -2.29. The van der Waals surface area contributed by atoms with E-state index in [2.05, 4.69) is 14.8 Å². The van der Waals surface area contributed by atoms with Crippen LogP contribution >= 0.6 is 11.3 Å². The third kappa shape index (κ3) is 4.31. The van der Waals surface area contributed by atoms with Gasteiger partial charge in [-0.15, -0.1) is 11.3 Å². The van der Waals surface area contributed by atoms with Crippen molar-refractivity contribution in [3.05, 3.63) is 62.5 Å². The molecule has 160 valence electrons. The highest BCUT2D eigenvalue weighted by atomic mass is 32.1. The Morgan fingerprint density at radius 3 is 2.58 bits per heavy atom. The van der Waals surface area contributed by atoms with E-state index < -0.39 is 23.8 Å². The molecule has 10 heteroatoms. The summed E-state index contributed by atoms with van der Waals surface area (Å²) in [6, 6.07) is 4.77. The van der Waals surface area contributed by atoms with Crippen LogP contribution in [0.3, 0.4) is 0 Å². The van der Waals surface area contributed by atoms with Gasteiger partial charge in [0.1, 0.15) is 10.8 Å². The summed E-state index contributed by atoms with van der Waals surface area (Å²) in [5.41, 5.74) is 0.573. The van der Waals surface area contributed by atoms with Gasteiger partial charge >= 0.3 is 6.18 Å². The lowest BCUT2D eigenvalue weighted by molar-refractivity contribution is -0.0611. The number of nitriles is 1. The lowest BCUT2D eigenvalue weighted by atomic mass is 9.79. The zero-order valence-corrected chi connectivity index (χ0v) is 17.6. The standard InChI is InChI=1S/C21H17F3N4O2S/c1-11-10-31-20(27-11)17-14(9-29-3)28-19(21(22,23)24)18(26-2)16(17)13-6-5-12(8-25)7-15(13)30-4/h5-7,10,16,18H,9H2,1,3-4H3. The number of nitrogens with zero attached hydrogens (tertiary/aromatic N) is 4. The minimum absolute atomic E-state index is 0.0560. The molecule has 0 saturated heterocycles. The van der Waals surface area contributed by atoms with Crippen molar-refractivity contribution >= 4 is 22.6 Å². The fourth-order valence-corrected chi connectivity index (χ4v) is 4.38. The first kappa shape index (κ1) is 22.5. The molecule has 0 amide bonds. The smallest absolute Gasteiger partial charge is 0.437 e. The summed E-state index contributed by atoms with van der Waals surface area (Å²) in [7, 11) is 2.72. The van der Waals surface area contributed by atoms with Crippen LogP contribution in [0.5, 0.6) is 5.75 Å². The summed E-state index contributed by atoms with van der Waals surface area (Å²) in [5, 5.41) is 11.4. The fourth-order valence-electron chi connectivity index (χ4n) is 3.48. The van der Waals surface area contributed by atoms with Crippen LogP contribution in [0.15, 0.2) is 34.3 Å². The van der Waals surface area contributed by atoms with E-state index in [1.54, 1.807) is 12.3 Å². The van der Waals surface area contributed by atoms with Crippen LogP contribution in [0.1, 0.15) is 27.7 Å². The summed E-state index contributed by atoms with van der Waals surface area (Å²) in [6.45, 7) is 9.18. The number of benzene rings is 1. The van der Waals surface area contributed by atoms with Gasteiger partial charge in [-0.2, -0.15) is 18.4 Å². The van der Waals surface area contributed by atoms with Crippen molar-refractivity contribution in [2.75, 3.05) is 20.8 Å². The molecule has 3 rings (SSSR count). The minimum atomic E-state index is -4.81. The Kier molecular flexibility index (Phi) is 6.44. The van der Waals surface area contributed by atoms with Gasteiger partial charge in [0, 0.05) is 29.3 Å². The van der Waals surface area contributed by atoms with Gasteiger partial charge in [-0.3, -0.25) is 0 Å². The maximum atomic E-state index is 13.9. The Morgan fingerprint density at radius 1 is 1.32 bits per heavy atom. The van der Waals surface area contributed by atoms with Crippen LogP contribution < -0.4 is 4.74 Å². The van der Waals surface area contributed by atoms with Crippen molar-refractivity contribution in [1.82, 2.24) is 4.98 Å². The van der Waals surface area contributed by atoms with Gasteiger partial charge in [0.25, 0.3) is 6.04 Å². The Labute approximate surface area is 181 Å². The molecule has 0 saturated carbocycles. The fraction of sp³-hybridized carbons (Fsp3) is 0.333. The quantitative estimate of drug-likeness (QED) is 0.620. The van der Waals surface area contributed by atoms with Gasteiger partial charge in [0.15, 0.2) is 0 Å². The lowest BCUT2D eigenvalue weighted by Crippen LogP contribution is -2.40. The first-order valence-corrected chi connectivity index (χ1v) is 9.88. The molecule has 2 aromatic rings. The van der Waals surface area contributed by atoms with E-state index in [1.165, 1.54) is 43.8 Å². The number of halogens is 3. The van der Waals surface area contributed by atoms with Gasteiger partial charge in [-0.05, 0) is 19.1 Å². The first-order valence-electron chi connectivity index (χ1n) is 9.00. The number of rotatable bonds is 5. The first-order chi connectivity index (χ1) is 14.7. The van der Waals surface area contributed by atoms with Gasteiger partial charge in [-0.25, -0.2) is 16.5 Å². The van der Waals surface area contributed by atoms with Crippen LogP contribution in [0.2, 0.25) is 0 Å². The number of aliphatic imine (C=N–C) groups is 1. The zero-order valence-electron chi connectivity index (χ0n) is 16.8. The minimum Gasteiger partial charge on any atom is -0.496 e. The molecule has 2 heterocycles. The summed E-state index contributed by atoms with van der Waals surface area (Å²) < 4.78 is 52.2. The van der Waals surface area contributed by atoms with Crippen LogP contribution in [0.4, 0.5) is 13.2 Å². The summed E-state index contributed by atoms with van der Waals surface area (Å²) >= 11 is 1.26. The van der Waals surface area contributed by atoms with E-state index in [4.69, 9.17) is 16.0 Å². The summed E-state index contributed by atoms with van der Waals surface area (Å²) in [5.74, 6) is -0.853. The molecule has 1 aliphatic heterocycles. The molecule has 1 aliphatic rings. The van der Waals surface area contributed by atoms with Crippen LogP contribution in [0, 0.1) is 24.8 Å². The predicted octanol–water partition coefficient (Wildman–Crippen LogP) is 4.78. The van der Waals surface area contributed by atoms with Crippen LogP contribution in [0.25, 0.3) is 10.4 Å². The van der Waals surface area contributed by atoms with Gasteiger partial charge in [0.05, 0.1) is 37.0 Å². The van der Waals surface area contributed by atoms with Gasteiger partial charge in [0.2, 0.25) is 5.71 Å². The summed E-state index contributed by atoms with van der Waals surface area (Å²) in [6.07, 6.45) is -4.81. The molecule has 0 spiro atoms. The zero-order chi connectivity index (χ0) is 22.8. The Balaban J connectivity index is 2.38. The van der Waals surface area contributed by atoms with E-state index in [9.17, 15) is 18.4 Å². The SMILES string of the molecule is [C-]#[N+]C1C(C(F)(F)F)=NC(COC)=C(c2nc(C)cs2)C1c1ccc(C#N)cc1OC. The molecule has 1 aromatic carbocycles. The molecule has 2 unspecified atom stereocenters. The highest BCUT2D eigenvalue weighted by Crippen LogP contribution is 2.48. The molecule has 2 atom stereocenters. The molecular formula is C21H17F3N4O2S. The Morgan fingerprint density at radius 2 is 2.06 bits per heavy atom. The molecule has 6 nitrogen and oxygen atoms in total. The van der Waals surface area contributed by atoms with Crippen molar-refractivity contribution in [3.63, 3.8) is 0 Å².